The molecule has 8 heteroatoms. The molecule has 6 nitrogen and oxygen atoms in total. The Morgan fingerprint density at radius 3 is 2.73 bits per heavy atom. The van der Waals surface area contributed by atoms with Crippen LogP contribution in [-0.4, -0.2) is 57.8 Å². The molecule has 0 spiro atoms. The summed E-state index contributed by atoms with van der Waals surface area (Å²) in [6.07, 6.45) is 5.39. The first-order chi connectivity index (χ1) is 15.9. The number of hydrogen-bond donors (Lipinski definition) is 1. The average Bonchev–Trinajstić information content (AvgIpc) is 3.29. The molecule has 1 N–H and O–H groups in total. The third-order valence-electron chi connectivity index (χ3n) is 6.88. The van der Waals surface area contributed by atoms with E-state index >= 15 is 0 Å². The molecule has 1 aliphatic carbocycles. The predicted molar refractivity (Wildman–Crippen MR) is 133 cm³/mol. The van der Waals surface area contributed by atoms with Crippen LogP contribution in [0.25, 0.3) is 10.9 Å². The first-order valence-corrected chi connectivity index (χ1v) is 13.3. The number of thiophene rings is 1. The Morgan fingerprint density at radius 1 is 1.24 bits per heavy atom. The Balaban J connectivity index is 1.26. The van der Waals surface area contributed by atoms with Crippen LogP contribution < -0.4 is 4.74 Å². The molecule has 2 aliphatic rings. The van der Waals surface area contributed by atoms with E-state index in [4.69, 9.17) is 4.74 Å². The fourth-order valence-corrected chi connectivity index (χ4v) is 6.75. The minimum atomic E-state index is -0.812. The number of ketones is 1. The van der Waals surface area contributed by atoms with Crippen molar-refractivity contribution < 1.29 is 14.6 Å². The van der Waals surface area contributed by atoms with Crippen molar-refractivity contribution in [2.75, 3.05) is 26.0 Å². The van der Waals surface area contributed by atoms with Crippen molar-refractivity contribution in [1.82, 2.24) is 14.9 Å². The van der Waals surface area contributed by atoms with Crippen LogP contribution in [0.5, 0.6) is 5.75 Å². The molecule has 33 heavy (non-hydrogen) atoms. The Hall–Kier alpha value is -2.00. The summed E-state index contributed by atoms with van der Waals surface area (Å²) in [5.41, 5.74) is 0.0275. The summed E-state index contributed by atoms with van der Waals surface area (Å²) in [5.74, 6) is 1.76. The third kappa shape index (κ3) is 4.67. The number of aromatic nitrogens is 2. The highest BCUT2D eigenvalue weighted by atomic mass is 32.2. The van der Waals surface area contributed by atoms with E-state index in [2.05, 4.69) is 14.9 Å². The molecule has 3 aromatic rings. The van der Waals surface area contributed by atoms with Gasteiger partial charge >= 0.3 is 0 Å². The van der Waals surface area contributed by atoms with Crippen molar-refractivity contribution in [2.24, 2.45) is 0 Å². The number of aryl methyl sites for hydroxylation is 1. The van der Waals surface area contributed by atoms with Crippen molar-refractivity contribution in [3.8, 4) is 5.75 Å². The zero-order chi connectivity index (χ0) is 23.0. The van der Waals surface area contributed by atoms with Gasteiger partial charge in [-0.05, 0) is 62.9 Å². The van der Waals surface area contributed by atoms with Gasteiger partial charge in [-0.2, -0.15) is 0 Å². The van der Waals surface area contributed by atoms with E-state index in [1.165, 1.54) is 42.4 Å². The van der Waals surface area contributed by atoms with Gasteiger partial charge in [-0.25, -0.2) is 9.97 Å². The van der Waals surface area contributed by atoms with Gasteiger partial charge in [0.05, 0.1) is 23.3 Å². The molecule has 0 bridgehead atoms. The quantitative estimate of drug-likeness (QED) is 0.293. The zero-order valence-electron chi connectivity index (χ0n) is 19.0. The lowest BCUT2D eigenvalue weighted by Crippen LogP contribution is -2.48. The SMILES string of the molecule is COc1ccc2nc(C)nc(SCC(=O)c3ccc(C4(O)CCN(C5CCC5)CC4)s3)c2c1. The van der Waals surface area contributed by atoms with Gasteiger partial charge in [0, 0.05) is 29.4 Å². The first kappa shape index (κ1) is 22.8. The second-order valence-corrected chi connectivity index (χ2v) is 11.0. The van der Waals surface area contributed by atoms with Gasteiger partial charge in [-0.3, -0.25) is 4.79 Å². The van der Waals surface area contributed by atoms with Crippen molar-refractivity contribution in [2.45, 2.75) is 55.7 Å². The van der Waals surface area contributed by atoms with Crippen LogP contribution >= 0.6 is 23.1 Å². The minimum absolute atomic E-state index is 0.0547. The largest absolute Gasteiger partial charge is 0.497 e. The fraction of sp³-hybridized carbons (Fsp3) is 0.480. The molecular formula is C25H29N3O3S2. The maximum absolute atomic E-state index is 13.0. The van der Waals surface area contributed by atoms with E-state index in [9.17, 15) is 9.90 Å². The fourth-order valence-electron chi connectivity index (χ4n) is 4.63. The topological polar surface area (TPSA) is 75.5 Å². The molecule has 1 aromatic carbocycles. The number of carbonyl (C=O) groups is 1. The summed E-state index contributed by atoms with van der Waals surface area (Å²) in [5, 5.41) is 12.9. The molecule has 174 valence electrons. The molecular weight excluding hydrogens is 454 g/mol. The lowest BCUT2D eigenvalue weighted by molar-refractivity contribution is -0.0417. The van der Waals surface area contributed by atoms with Gasteiger partial charge in [0.2, 0.25) is 0 Å². The van der Waals surface area contributed by atoms with Crippen LogP contribution in [-0.2, 0) is 5.60 Å². The highest BCUT2D eigenvalue weighted by Gasteiger charge is 2.38. The monoisotopic (exact) mass is 483 g/mol. The van der Waals surface area contributed by atoms with Crippen LogP contribution in [0, 0.1) is 6.92 Å². The van der Waals surface area contributed by atoms with Crippen molar-refractivity contribution in [3.05, 3.63) is 45.9 Å². The molecule has 5 rings (SSSR count). The number of nitrogens with zero attached hydrogens (tertiary/aromatic N) is 3. The summed E-state index contributed by atoms with van der Waals surface area (Å²) >= 11 is 2.86. The van der Waals surface area contributed by atoms with Crippen LogP contribution in [0.3, 0.4) is 0 Å². The normalized spacial score (nSPS) is 18.9. The number of thioether (sulfide) groups is 1. The van der Waals surface area contributed by atoms with Crippen LogP contribution in [0.4, 0.5) is 0 Å². The Morgan fingerprint density at radius 2 is 2.03 bits per heavy atom. The molecule has 1 saturated carbocycles. The van der Waals surface area contributed by atoms with E-state index in [-0.39, 0.29) is 11.5 Å². The lowest BCUT2D eigenvalue weighted by atomic mass is 9.85. The highest BCUT2D eigenvalue weighted by molar-refractivity contribution is 8.00. The van der Waals surface area contributed by atoms with Crippen molar-refractivity contribution in [1.29, 1.82) is 0 Å². The predicted octanol–water partition coefficient (Wildman–Crippen LogP) is 4.82. The Kier molecular flexibility index (Phi) is 6.44. The summed E-state index contributed by atoms with van der Waals surface area (Å²) < 4.78 is 5.34. The van der Waals surface area contributed by atoms with Crippen molar-refractivity contribution >= 4 is 39.8 Å². The van der Waals surface area contributed by atoms with Crippen LogP contribution in [0.15, 0.2) is 35.4 Å². The highest BCUT2D eigenvalue weighted by Crippen LogP contribution is 2.39. The number of Topliss-reactive ketones (excluding diaryl/α,β-unsaturated/α-hetero) is 1. The van der Waals surface area contributed by atoms with Crippen LogP contribution in [0.1, 0.15) is 52.5 Å². The number of fused-ring (bicyclic) bond motifs is 1. The maximum Gasteiger partial charge on any atom is 0.183 e. The van der Waals surface area contributed by atoms with E-state index in [1.54, 1.807) is 7.11 Å². The minimum Gasteiger partial charge on any atom is -0.497 e. The van der Waals surface area contributed by atoms with E-state index < -0.39 is 5.60 Å². The number of hydrogen-bond acceptors (Lipinski definition) is 8. The Bertz CT molecular complexity index is 1170. The van der Waals surface area contributed by atoms with Gasteiger partial charge in [-0.1, -0.05) is 18.2 Å². The number of benzene rings is 1. The van der Waals surface area contributed by atoms with E-state index in [0.717, 1.165) is 52.5 Å². The molecule has 0 radical (unpaired) electrons. The molecule has 0 amide bonds. The second kappa shape index (κ2) is 9.33. The van der Waals surface area contributed by atoms with E-state index in [0.29, 0.717) is 16.7 Å². The smallest absolute Gasteiger partial charge is 0.183 e. The molecule has 3 heterocycles. The molecule has 0 atom stereocenters. The van der Waals surface area contributed by atoms with Crippen molar-refractivity contribution in [3.63, 3.8) is 0 Å². The summed E-state index contributed by atoms with van der Waals surface area (Å²) in [6, 6.07) is 10.2. The number of methoxy groups -OCH3 is 1. The number of aliphatic hydroxyl groups is 1. The number of likely N-dealkylation sites (tertiary alicyclic amines) is 1. The average molecular weight is 484 g/mol. The first-order valence-electron chi connectivity index (χ1n) is 11.5. The third-order valence-corrected chi connectivity index (χ3v) is 9.19. The van der Waals surface area contributed by atoms with Gasteiger partial charge in [0.1, 0.15) is 22.2 Å². The number of rotatable bonds is 7. The molecule has 2 aromatic heterocycles. The van der Waals surface area contributed by atoms with Crippen LogP contribution in [0.2, 0.25) is 0 Å². The zero-order valence-corrected chi connectivity index (χ0v) is 20.7. The summed E-state index contributed by atoms with van der Waals surface area (Å²) in [7, 11) is 1.63. The van der Waals surface area contributed by atoms with E-state index in [1.807, 2.05) is 37.3 Å². The molecule has 1 saturated heterocycles. The van der Waals surface area contributed by atoms with Gasteiger partial charge < -0.3 is 14.7 Å². The second-order valence-electron chi connectivity index (χ2n) is 8.99. The number of ether oxygens (including phenoxy) is 1. The lowest BCUT2D eigenvalue weighted by Gasteiger charge is -2.44. The standard InChI is InChI=1S/C25H29N3O3S2/c1-16-26-20-7-6-18(31-2)14-19(20)24(27-16)32-15-21(29)22-8-9-23(33-22)25(30)10-12-28(13-11-25)17-4-3-5-17/h6-9,14,17,30H,3-5,10-13,15H2,1-2H3. The summed E-state index contributed by atoms with van der Waals surface area (Å²) in [4.78, 5) is 26.2. The molecule has 2 fully saturated rings. The Labute approximate surface area is 202 Å². The molecule has 1 aliphatic heterocycles. The summed E-state index contributed by atoms with van der Waals surface area (Å²) in [6.45, 7) is 3.72. The molecule has 0 unspecified atom stereocenters. The van der Waals surface area contributed by atoms with Gasteiger partial charge in [-0.15, -0.1) is 11.3 Å². The number of carbonyl (C=O) groups excluding carboxylic acids is 1. The maximum atomic E-state index is 13.0. The van der Waals surface area contributed by atoms with Gasteiger partial charge in [0.25, 0.3) is 0 Å². The number of piperidine rings is 1. The van der Waals surface area contributed by atoms with Gasteiger partial charge in [0.15, 0.2) is 5.78 Å².